The summed E-state index contributed by atoms with van der Waals surface area (Å²) in [5.74, 6) is -2.87. The van der Waals surface area contributed by atoms with Crippen LogP contribution in [0.15, 0.2) is 66.1 Å². The van der Waals surface area contributed by atoms with Crippen LogP contribution in [0.5, 0.6) is 5.75 Å². The quantitative estimate of drug-likeness (QED) is 0.383. The topological polar surface area (TPSA) is 81.5 Å². The highest BCUT2D eigenvalue weighted by Gasteiger charge is 2.44. The van der Waals surface area contributed by atoms with Gasteiger partial charge in [0, 0.05) is 43.7 Å². The fraction of sp³-hybridized carbons (Fsp3) is 0.273. The minimum Gasteiger partial charge on any atom is -0.406 e. The molecule has 0 spiro atoms. The zero-order valence-electron chi connectivity index (χ0n) is 17.7. The Bertz CT molecular complexity index is 1290. The van der Waals surface area contributed by atoms with Gasteiger partial charge < -0.3 is 9.30 Å². The van der Waals surface area contributed by atoms with Crippen molar-refractivity contribution in [1.82, 2.24) is 13.9 Å². The van der Waals surface area contributed by atoms with Crippen LogP contribution in [-0.4, -0.2) is 47.5 Å². The fourth-order valence-electron chi connectivity index (χ4n) is 3.97. The predicted octanol–water partition coefficient (Wildman–Crippen LogP) is 3.75. The average molecular weight is 497 g/mol. The molecule has 1 aliphatic heterocycles. The zero-order valence-corrected chi connectivity index (χ0v) is 18.6. The molecule has 0 saturated carbocycles. The Morgan fingerprint density at radius 1 is 1.06 bits per heavy atom. The van der Waals surface area contributed by atoms with Crippen molar-refractivity contribution in [3.63, 3.8) is 0 Å². The van der Waals surface area contributed by atoms with Crippen LogP contribution in [0, 0.1) is 11.7 Å². The van der Waals surface area contributed by atoms with E-state index < -0.39 is 45.6 Å². The van der Waals surface area contributed by atoms with Gasteiger partial charge in [-0.25, -0.2) is 17.8 Å². The molecule has 2 unspecified atom stereocenters. The van der Waals surface area contributed by atoms with Gasteiger partial charge in [0.2, 0.25) is 0 Å². The molecule has 4 rings (SSSR count). The molecule has 0 bridgehead atoms. The van der Waals surface area contributed by atoms with Crippen LogP contribution in [0.4, 0.5) is 17.6 Å². The van der Waals surface area contributed by atoms with Crippen LogP contribution in [0.2, 0.25) is 0 Å². The van der Waals surface area contributed by atoms with E-state index in [0.29, 0.717) is 5.56 Å². The molecule has 0 aliphatic carbocycles. The van der Waals surface area contributed by atoms with Gasteiger partial charge in [0.1, 0.15) is 11.6 Å². The summed E-state index contributed by atoms with van der Waals surface area (Å²) in [5, 5.41) is -0.172. The van der Waals surface area contributed by atoms with Gasteiger partial charge in [-0.05, 0) is 42.0 Å². The second-order valence-electron chi connectivity index (χ2n) is 7.90. The van der Waals surface area contributed by atoms with Gasteiger partial charge in [0.15, 0.2) is 10.8 Å². The molecule has 1 aromatic heterocycles. The molecule has 3 aromatic rings. The third-order valence-corrected chi connectivity index (χ3v) is 7.30. The molecule has 0 N–H and O–H groups in total. The Balaban J connectivity index is 1.65. The van der Waals surface area contributed by atoms with Crippen LogP contribution in [0.3, 0.4) is 0 Å². The van der Waals surface area contributed by atoms with Crippen LogP contribution in [-0.2, 0) is 17.1 Å². The van der Waals surface area contributed by atoms with Gasteiger partial charge in [-0.3, -0.25) is 4.79 Å². The van der Waals surface area contributed by atoms with Crippen molar-refractivity contribution in [2.75, 3.05) is 13.1 Å². The number of ketones is 1. The number of benzene rings is 2. The predicted molar refractivity (Wildman–Crippen MR) is 112 cm³/mol. The maximum atomic E-state index is 13.5. The lowest BCUT2D eigenvalue weighted by molar-refractivity contribution is -0.274. The number of rotatable bonds is 6. The average Bonchev–Trinajstić information content (AvgIpc) is 3.41. The number of nitrogens with zero attached hydrogens (tertiary/aromatic N) is 3. The van der Waals surface area contributed by atoms with E-state index in [0.717, 1.165) is 16.4 Å². The number of hydrogen-bond donors (Lipinski definition) is 0. The molecule has 1 aliphatic rings. The summed E-state index contributed by atoms with van der Waals surface area (Å²) in [4.78, 5) is 17.2. The largest absolute Gasteiger partial charge is 0.573 e. The first-order chi connectivity index (χ1) is 15.9. The van der Waals surface area contributed by atoms with Crippen molar-refractivity contribution < 1.29 is 35.5 Å². The van der Waals surface area contributed by atoms with Crippen LogP contribution < -0.4 is 4.74 Å². The number of carbonyl (C=O) groups is 1. The third kappa shape index (κ3) is 4.97. The first-order valence-corrected chi connectivity index (χ1v) is 11.5. The van der Waals surface area contributed by atoms with Gasteiger partial charge >= 0.3 is 6.36 Å². The number of carbonyl (C=O) groups excluding carboxylic acids is 1. The highest BCUT2D eigenvalue weighted by molar-refractivity contribution is 7.89. The van der Waals surface area contributed by atoms with Crippen LogP contribution in [0.1, 0.15) is 21.8 Å². The molecular weight excluding hydrogens is 478 g/mol. The van der Waals surface area contributed by atoms with E-state index in [4.69, 9.17) is 0 Å². The summed E-state index contributed by atoms with van der Waals surface area (Å²) < 4.78 is 83.4. The van der Waals surface area contributed by atoms with Gasteiger partial charge in [-0.1, -0.05) is 12.1 Å². The summed E-state index contributed by atoms with van der Waals surface area (Å²) in [6.45, 7) is -0.212. The minimum atomic E-state index is -4.87. The zero-order chi connectivity index (χ0) is 24.7. The minimum absolute atomic E-state index is 0.0454. The summed E-state index contributed by atoms with van der Waals surface area (Å²) >= 11 is 0. The number of halogens is 4. The van der Waals surface area contributed by atoms with Crippen molar-refractivity contribution >= 4 is 15.8 Å². The number of imidazole rings is 1. The number of hydrogen-bond acceptors (Lipinski definition) is 5. The Morgan fingerprint density at radius 3 is 2.26 bits per heavy atom. The monoisotopic (exact) mass is 497 g/mol. The van der Waals surface area contributed by atoms with Gasteiger partial charge in [-0.2, -0.15) is 4.31 Å². The maximum Gasteiger partial charge on any atom is 0.573 e. The second kappa shape index (κ2) is 8.84. The van der Waals surface area contributed by atoms with Crippen molar-refractivity contribution in [2.45, 2.75) is 17.3 Å². The maximum absolute atomic E-state index is 13.5. The van der Waals surface area contributed by atoms with E-state index in [1.807, 2.05) is 0 Å². The number of aryl methyl sites for hydroxylation is 1. The molecule has 7 nitrogen and oxygen atoms in total. The van der Waals surface area contributed by atoms with Crippen molar-refractivity contribution in [1.29, 1.82) is 0 Å². The Morgan fingerprint density at radius 2 is 1.71 bits per heavy atom. The second-order valence-corrected chi connectivity index (χ2v) is 9.79. The summed E-state index contributed by atoms with van der Waals surface area (Å²) in [5.41, 5.74) is 0.666. The molecule has 0 amide bonds. The SMILES string of the molecule is Cn1cnc(S(=O)(=O)N2CC(C(=O)c3ccc(OC(F)(F)F)cc3)C(c3ccc(F)cc3)C2)c1. The van der Waals surface area contributed by atoms with Gasteiger partial charge in [0.25, 0.3) is 10.0 Å². The van der Waals surface area contributed by atoms with E-state index in [9.17, 15) is 30.8 Å². The highest BCUT2D eigenvalue weighted by Crippen LogP contribution is 2.38. The standard InChI is InChI=1S/C22H19F4N3O4S/c1-28-12-20(27-13-28)34(31,32)29-10-18(14-2-6-16(23)7-3-14)19(11-29)21(30)15-4-8-17(9-5-15)33-22(24,25)26/h2-9,12-13,18-19H,10-11H2,1H3. The molecule has 12 heteroatoms. The first-order valence-electron chi connectivity index (χ1n) is 10.1. The number of alkyl halides is 3. The lowest BCUT2D eigenvalue weighted by Crippen LogP contribution is -2.30. The van der Waals surface area contributed by atoms with Crippen molar-refractivity contribution in [3.05, 3.63) is 78.0 Å². The number of Topliss-reactive ketones (excluding diaryl/α,β-unsaturated/α-hetero) is 1. The van der Waals surface area contributed by atoms with E-state index >= 15 is 0 Å². The Labute approximate surface area is 192 Å². The molecule has 2 aromatic carbocycles. The molecule has 34 heavy (non-hydrogen) atoms. The lowest BCUT2D eigenvalue weighted by Gasteiger charge is -2.18. The molecule has 0 radical (unpaired) electrons. The number of ether oxygens (including phenoxy) is 1. The first kappa shape index (κ1) is 23.9. The van der Waals surface area contributed by atoms with Crippen LogP contribution >= 0.6 is 0 Å². The summed E-state index contributed by atoms with van der Waals surface area (Å²) in [7, 11) is -2.39. The molecule has 2 heterocycles. The van der Waals surface area contributed by atoms with E-state index in [1.165, 1.54) is 53.5 Å². The van der Waals surface area contributed by atoms with E-state index in [2.05, 4.69) is 9.72 Å². The van der Waals surface area contributed by atoms with Crippen molar-refractivity contribution in [3.8, 4) is 5.75 Å². The van der Waals surface area contributed by atoms with E-state index in [-0.39, 0.29) is 23.7 Å². The third-order valence-electron chi connectivity index (χ3n) is 5.58. The summed E-state index contributed by atoms with van der Waals surface area (Å²) in [6.07, 6.45) is -2.19. The molecular formula is C22H19F4N3O4S. The summed E-state index contributed by atoms with van der Waals surface area (Å²) in [6, 6.07) is 9.83. The highest BCUT2D eigenvalue weighted by atomic mass is 32.2. The van der Waals surface area contributed by atoms with Gasteiger partial charge in [-0.15, -0.1) is 13.2 Å². The Hall–Kier alpha value is -3.25. The normalized spacial score (nSPS) is 19.3. The molecule has 1 saturated heterocycles. The van der Waals surface area contributed by atoms with E-state index in [1.54, 1.807) is 7.05 Å². The fourth-order valence-corrected chi connectivity index (χ4v) is 5.42. The smallest absolute Gasteiger partial charge is 0.406 e. The van der Waals surface area contributed by atoms with Gasteiger partial charge in [0.05, 0.1) is 6.33 Å². The van der Waals surface area contributed by atoms with Crippen LogP contribution in [0.25, 0.3) is 0 Å². The molecule has 2 atom stereocenters. The lowest BCUT2D eigenvalue weighted by atomic mass is 9.84. The Kier molecular flexibility index (Phi) is 6.21. The molecule has 180 valence electrons. The van der Waals surface area contributed by atoms with Crippen molar-refractivity contribution in [2.24, 2.45) is 13.0 Å². The number of aromatic nitrogens is 2. The molecule has 1 fully saturated rings. The number of sulfonamides is 1.